The van der Waals surface area contributed by atoms with E-state index in [1.807, 2.05) is 0 Å². The summed E-state index contributed by atoms with van der Waals surface area (Å²) >= 11 is 3.85. The quantitative estimate of drug-likeness (QED) is 0.599. The van der Waals surface area contributed by atoms with E-state index in [1.165, 1.54) is 0 Å². The Balaban J connectivity index is 3.50. The van der Waals surface area contributed by atoms with Crippen LogP contribution in [0.1, 0.15) is 19.8 Å². The van der Waals surface area contributed by atoms with Gasteiger partial charge in [0, 0.05) is 6.42 Å². The average Bonchev–Trinajstić information content (AvgIpc) is 1.82. The Hall–Kier alpha value is -0.510. The number of aliphatic carboxylic acids is 1. The summed E-state index contributed by atoms with van der Waals surface area (Å²) in [6.07, 6.45) is -0.0102. The van der Waals surface area contributed by atoms with Gasteiger partial charge in [-0.2, -0.15) is 12.6 Å². The lowest BCUT2D eigenvalue weighted by atomic mass is 10.2. The minimum absolute atomic E-state index is 0.0833. The van der Waals surface area contributed by atoms with E-state index in [4.69, 9.17) is 5.11 Å². The third-order valence-electron chi connectivity index (χ3n) is 1.05. The van der Waals surface area contributed by atoms with Crippen molar-refractivity contribution in [2.45, 2.75) is 25.0 Å². The first kappa shape index (κ1) is 9.49. The molecule has 0 heterocycles. The predicted molar refractivity (Wildman–Crippen MR) is 40.3 cm³/mol. The van der Waals surface area contributed by atoms with Crippen LogP contribution < -0.4 is 0 Å². The second kappa shape index (κ2) is 4.33. The lowest BCUT2D eigenvalue weighted by Crippen LogP contribution is -2.11. The van der Waals surface area contributed by atoms with Gasteiger partial charge in [-0.1, -0.05) is 0 Å². The summed E-state index contributed by atoms with van der Waals surface area (Å²) in [4.78, 5) is 20.7. The summed E-state index contributed by atoms with van der Waals surface area (Å²) in [7, 11) is 0. The molecule has 1 atom stereocenters. The molecule has 0 radical (unpaired) electrons. The van der Waals surface area contributed by atoms with E-state index in [2.05, 4.69) is 12.6 Å². The van der Waals surface area contributed by atoms with Crippen LogP contribution in [-0.2, 0) is 9.59 Å². The highest BCUT2D eigenvalue weighted by Crippen LogP contribution is 2.00. The van der Waals surface area contributed by atoms with E-state index in [-0.39, 0.29) is 23.9 Å². The van der Waals surface area contributed by atoms with Gasteiger partial charge in [0.15, 0.2) is 0 Å². The van der Waals surface area contributed by atoms with E-state index in [0.29, 0.717) is 0 Å². The van der Waals surface area contributed by atoms with Gasteiger partial charge in [0.2, 0.25) is 0 Å². The average molecular weight is 162 g/mol. The molecule has 0 fully saturated rings. The van der Waals surface area contributed by atoms with Gasteiger partial charge in [-0.25, -0.2) is 0 Å². The minimum Gasteiger partial charge on any atom is -0.481 e. The summed E-state index contributed by atoms with van der Waals surface area (Å²) in [6.45, 7) is 1.63. The second-order valence-corrected chi connectivity index (χ2v) is 2.81. The maximum atomic E-state index is 10.7. The van der Waals surface area contributed by atoms with Gasteiger partial charge in [0.1, 0.15) is 5.78 Å². The van der Waals surface area contributed by atoms with Gasteiger partial charge in [-0.05, 0) is 6.92 Å². The van der Waals surface area contributed by atoms with Crippen LogP contribution in [0.25, 0.3) is 0 Å². The molecule has 0 aliphatic carbocycles. The summed E-state index contributed by atoms with van der Waals surface area (Å²) in [5, 5.41) is 7.82. The molecule has 0 aromatic rings. The fourth-order valence-corrected chi connectivity index (χ4v) is 0.568. The van der Waals surface area contributed by atoms with Gasteiger partial charge in [-0.3, -0.25) is 9.59 Å². The largest absolute Gasteiger partial charge is 0.481 e. The molecule has 0 aliphatic rings. The van der Waals surface area contributed by atoms with Crippen LogP contribution in [0, 0.1) is 0 Å². The molecule has 4 heteroatoms. The Morgan fingerprint density at radius 3 is 2.30 bits per heavy atom. The number of hydrogen-bond acceptors (Lipinski definition) is 3. The molecular weight excluding hydrogens is 152 g/mol. The van der Waals surface area contributed by atoms with Crippen LogP contribution >= 0.6 is 12.6 Å². The van der Waals surface area contributed by atoms with Crippen molar-refractivity contribution >= 4 is 24.4 Å². The molecule has 0 aromatic carbocycles. The molecule has 58 valence electrons. The Bertz CT molecular complexity index is 142. The monoisotopic (exact) mass is 162 g/mol. The molecule has 1 N–H and O–H groups in total. The smallest absolute Gasteiger partial charge is 0.303 e. The highest BCUT2D eigenvalue weighted by Gasteiger charge is 2.09. The maximum absolute atomic E-state index is 10.7. The zero-order valence-corrected chi connectivity index (χ0v) is 6.60. The summed E-state index contributed by atoms with van der Waals surface area (Å²) in [5.74, 6) is -1.06. The zero-order valence-electron chi connectivity index (χ0n) is 5.70. The van der Waals surface area contributed by atoms with Crippen molar-refractivity contribution < 1.29 is 14.7 Å². The van der Waals surface area contributed by atoms with E-state index in [1.54, 1.807) is 6.92 Å². The van der Waals surface area contributed by atoms with Crippen LogP contribution in [-0.4, -0.2) is 22.1 Å². The van der Waals surface area contributed by atoms with Gasteiger partial charge in [0.05, 0.1) is 11.7 Å². The molecule has 0 amide bonds. The van der Waals surface area contributed by atoms with Crippen molar-refractivity contribution in [1.82, 2.24) is 0 Å². The molecule has 0 spiro atoms. The molecule has 0 aliphatic heterocycles. The number of carbonyl (C=O) groups excluding carboxylic acids is 1. The number of carbonyl (C=O) groups is 2. The summed E-state index contributed by atoms with van der Waals surface area (Å²) in [6, 6.07) is 0. The van der Waals surface area contributed by atoms with Gasteiger partial charge >= 0.3 is 5.97 Å². The van der Waals surface area contributed by atoms with Crippen LogP contribution in [0.3, 0.4) is 0 Å². The first-order valence-electron chi connectivity index (χ1n) is 2.96. The van der Waals surface area contributed by atoms with Crippen molar-refractivity contribution in [3.63, 3.8) is 0 Å². The molecule has 0 saturated carbocycles. The van der Waals surface area contributed by atoms with Crippen LogP contribution in [0.2, 0.25) is 0 Å². The molecular formula is C6H10O3S. The van der Waals surface area contributed by atoms with E-state index >= 15 is 0 Å². The van der Waals surface area contributed by atoms with E-state index < -0.39 is 5.97 Å². The number of carboxylic acid groups (broad SMARTS) is 1. The maximum Gasteiger partial charge on any atom is 0.303 e. The predicted octanol–water partition coefficient (Wildman–Crippen LogP) is 0.739. The zero-order chi connectivity index (χ0) is 8.15. The first-order valence-corrected chi connectivity index (χ1v) is 3.48. The number of thiol groups is 1. The molecule has 10 heavy (non-hydrogen) atoms. The van der Waals surface area contributed by atoms with Crippen LogP contribution in [0.15, 0.2) is 0 Å². The van der Waals surface area contributed by atoms with Gasteiger partial charge in [-0.15, -0.1) is 0 Å². The molecule has 3 nitrogen and oxygen atoms in total. The standard InChI is InChI=1S/C6H10O3S/c1-4(10)5(7)2-3-6(8)9/h4,10H,2-3H2,1H3,(H,8,9). The Labute approximate surface area is 64.8 Å². The topological polar surface area (TPSA) is 54.4 Å². The summed E-state index contributed by atoms with van der Waals surface area (Å²) in [5.41, 5.74) is 0. The Kier molecular flexibility index (Phi) is 4.11. The molecule has 0 aromatic heterocycles. The normalized spacial score (nSPS) is 12.6. The molecule has 0 rings (SSSR count). The van der Waals surface area contributed by atoms with E-state index in [9.17, 15) is 9.59 Å². The van der Waals surface area contributed by atoms with Gasteiger partial charge in [0.25, 0.3) is 0 Å². The van der Waals surface area contributed by atoms with Crippen molar-refractivity contribution in [3.8, 4) is 0 Å². The van der Waals surface area contributed by atoms with Crippen molar-refractivity contribution in [1.29, 1.82) is 0 Å². The number of ketones is 1. The highest BCUT2D eigenvalue weighted by molar-refractivity contribution is 7.81. The highest BCUT2D eigenvalue weighted by atomic mass is 32.1. The minimum atomic E-state index is -0.942. The second-order valence-electron chi connectivity index (χ2n) is 2.04. The SMILES string of the molecule is CC(S)C(=O)CCC(=O)O. The van der Waals surface area contributed by atoms with Crippen molar-refractivity contribution in [2.75, 3.05) is 0 Å². The lowest BCUT2D eigenvalue weighted by molar-refractivity contribution is -0.138. The van der Waals surface area contributed by atoms with E-state index in [0.717, 1.165) is 0 Å². The van der Waals surface area contributed by atoms with Crippen molar-refractivity contribution in [3.05, 3.63) is 0 Å². The van der Waals surface area contributed by atoms with Crippen molar-refractivity contribution in [2.24, 2.45) is 0 Å². The fraction of sp³-hybridized carbons (Fsp3) is 0.667. The number of carboxylic acids is 1. The number of Topliss-reactive ketones (excluding diaryl/α,β-unsaturated/α-hetero) is 1. The molecule has 0 saturated heterocycles. The number of hydrogen-bond donors (Lipinski definition) is 2. The summed E-state index contributed by atoms with van der Waals surface area (Å²) < 4.78 is 0. The third kappa shape index (κ3) is 4.38. The number of rotatable bonds is 4. The first-order chi connectivity index (χ1) is 4.54. The van der Waals surface area contributed by atoms with Crippen LogP contribution in [0.5, 0.6) is 0 Å². The Morgan fingerprint density at radius 1 is 1.50 bits per heavy atom. The lowest BCUT2D eigenvalue weighted by Gasteiger charge is -1.99. The molecule has 1 unspecified atom stereocenters. The fourth-order valence-electron chi connectivity index (χ4n) is 0.439. The Morgan fingerprint density at radius 2 is 2.00 bits per heavy atom. The third-order valence-corrected chi connectivity index (χ3v) is 1.34. The molecule has 0 bridgehead atoms. The van der Waals surface area contributed by atoms with Crippen LogP contribution in [0.4, 0.5) is 0 Å². The van der Waals surface area contributed by atoms with Gasteiger partial charge < -0.3 is 5.11 Å².